The number of nitrogens with zero attached hydrogens (tertiary/aromatic N) is 1. The Kier molecular flexibility index (Phi) is 4.74. The molecular weight excluding hydrogens is 253 g/mol. The van der Waals surface area contributed by atoms with Gasteiger partial charge in [0.1, 0.15) is 5.82 Å². The van der Waals surface area contributed by atoms with E-state index in [4.69, 9.17) is 0 Å². The topological polar surface area (TPSA) is 23.5 Å². The summed E-state index contributed by atoms with van der Waals surface area (Å²) in [4.78, 5) is 1.99. The lowest BCUT2D eigenvalue weighted by Crippen LogP contribution is -2.17. The molecule has 0 bridgehead atoms. The summed E-state index contributed by atoms with van der Waals surface area (Å²) < 4.78 is 13.6. The lowest BCUT2D eigenvalue weighted by molar-refractivity contribution is 0.173. The van der Waals surface area contributed by atoms with Crippen molar-refractivity contribution < 1.29 is 9.50 Å². The number of aliphatic hydroxyl groups excluding tert-OH is 1. The molecule has 0 saturated carbocycles. The molecule has 0 heterocycles. The molecule has 0 unspecified atom stereocenters. The van der Waals surface area contributed by atoms with Gasteiger partial charge in [0.2, 0.25) is 0 Å². The average molecular weight is 273 g/mol. The molecule has 20 heavy (non-hydrogen) atoms. The van der Waals surface area contributed by atoms with Gasteiger partial charge in [0.25, 0.3) is 0 Å². The molecule has 0 saturated heterocycles. The minimum Gasteiger partial charge on any atom is -0.388 e. The van der Waals surface area contributed by atoms with Gasteiger partial charge in [-0.05, 0) is 30.2 Å². The number of benzene rings is 2. The number of hydrogen-bond acceptors (Lipinski definition) is 2. The van der Waals surface area contributed by atoms with Crippen LogP contribution < -0.4 is 4.90 Å². The molecule has 1 atom stereocenters. The number of halogens is 1. The van der Waals surface area contributed by atoms with Crippen LogP contribution in [0.1, 0.15) is 30.6 Å². The molecular formula is C17H20FNO. The Bertz CT molecular complexity index is 553. The summed E-state index contributed by atoms with van der Waals surface area (Å²) in [6.07, 6.45) is 0.283. The van der Waals surface area contributed by atoms with Crippen LogP contribution in [0.25, 0.3) is 0 Å². The zero-order valence-electron chi connectivity index (χ0n) is 11.9. The van der Waals surface area contributed by atoms with E-state index < -0.39 is 6.10 Å². The van der Waals surface area contributed by atoms with E-state index in [9.17, 15) is 9.50 Å². The standard InChI is InChI=1S/C17H20FNO/c1-3-17(20)13-8-10-15(11-9-13)19(2)12-14-6-4-5-7-16(14)18/h4-11,17,20H,3,12H2,1-2H3/t17-/m1/s1. The molecule has 0 fully saturated rings. The molecule has 106 valence electrons. The molecule has 0 aliphatic rings. The van der Waals surface area contributed by atoms with Gasteiger partial charge in [-0.1, -0.05) is 37.3 Å². The molecule has 1 N–H and O–H groups in total. The quantitative estimate of drug-likeness (QED) is 0.893. The zero-order chi connectivity index (χ0) is 14.5. The van der Waals surface area contributed by atoms with Crippen molar-refractivity contribution in [2.45, 2.75) is 26.0 Å². The third-order valence-corrected chi connectivity index (χ3v) is 3.47. The molecule has 0 amide bonds. The van der Waals surface area contributed by atoms with Crippen LogP contribution in [0.4, 0.5) is 10.1 Å². The van der Waals surface area contributed by atoms with E-state index in [1.54, 1.807) is 12.1 Å². The van der Waals surface area contributed by atoms with Crippen LogP contribution in [0.2, 0.25) is 0 Å². The Morgan fingerprint density at radius 2 is 1.75 bits per heavy atom. The summed E-state index contributed by atoms with van der Waals surface area (Å²) in [6.45, 7) is 2.46. The SMILES string of the molecule is CC[C@@H](O)c1ccc(N(C)Cc2ccccc2F)cc1. The number of rotatable bonds is 5. The van der Waals surface area contributed by atoms with E-state index >= 15 is 0 Å². The smallest absolute Gasteiger partial charge is 0.128 e. The van der Waals surface area contributed by atoms with Crippen molar-refractivity contribution in [2.75, 3.05) is 11.9 Å². The van der Waals surface area contributed by atoms with Gasteiger partial charge in [-0.25, -0.2) is 4.39 Å². The van der Waals surface area contributed by atoms with Crippen LogP contribution in [0.15, 0.2) is 48.5 Å². The maximum absolute atomic E-state index is 13.6. The van der Waals surface area contributed by atoms with Crippen molar-refractivity contribution in [3.8, 4) is 0 Å². The van der Waals surface area contributed by atoms with E-state index in [1.165, 1.54) is 6.07 Å². The van der Waals surface area contributed by atoms with Gasteiger partial charge in [-0.2, -0.15) is 0 Å². The Morgan fingerprint density at radius 3 is 2.35 bits per heavy atom. The lowest BCUT2D eigenvalue weighted by atomic mass is 10.1. The molecule has 2 aromatic carbocycles. The highest BCUT2D eigenvalue weighted by molar-refractivity contribution is 5.47. The highest BCUT2D eigenvalue weighted by Crippen LogP contribution is 2.22. The first-order valence-electron chi connectivity index (χ1n) is 6.84. The van der Waals surface area contributed by atoms with E-state index in [1.807, 2.05) is 49.2 Å². The highest BCUT2D eigenvalue weighted by Gasteiger charge is 2.08. The van der Waals surface area contributed by atoms with Crippen molar-refractivity contribution in [1.29, 1.82) is 0 Å². The predicted octanol–water partition coefficient (Wildman–Crippen LogP) is 3.91. The largest absolute Gasteiger partial charge is 0.388 e. The fourth-order valence-corrected chi connectivity index (χ4v) is 2.16. The zero-order valence-corrected chi connectivity index (χ0v) is 11.9. The fourth-order valence-electron chi connectivity index (χ4n) is 2.16. The molecule has 2 nitrogen and oxygen atoms in total. The van der Waals surface area contributed by atoms with Crippen LogP contribution in [-0.2, 0) is 6.54 Å². The van der Waals surface area contributed by atoms with Crippen molar-refractivity contribution >= 4 is 5.69 Å². The van der Waals surface area contributed by atoms with Crippen LogP contribution >= 0.6 is 0 Å². The van der Waals surface area contributed by atoms with Gasteiger partial charge < -0.3 is 10.0 Å². The summed E-state index contributed by atoms with van der Waals surface area (Å²) in [5.74, 6) is -0.183. The number of anilines is 1. The first-order valence-corrected chi connectivity index (χ1v) is 6.84. The Morgan fingerprint density at radius 1 is 1.10 bits per heavy atom. The molecule has 0 aromatic heterocycles. The third kappa shape index (κ3) is 3.36. The van der Waals surface area contributed by atoms with Crippen molar-refractivity contribution in [3.63, 3.8) is 0 Å². The van der Waals surface area contributed by atoms with E-state index in [-0.39, 0.29) is 5.82 Å². The molecule has 2 rings (SSSR count). The molecule has 2 aromatic rings. The monoisotopic (exact) mass is 273 g/mol. The summed E-state index contributed by atoms with van der Waals surface area (Å²) >= 11 is 0. The van der Waals surface area contributed by atoms with Gasteiger partial charge in [0.15, 0.2) is 0 Å². The predicted molar refractivity (Wildman–Crippen MR) is 80.2 cm³/mol. The molecule has 0 aliphatic heterocycles. The van der Waals surface area contributed by atoms with Gasteiger partial charge in [0.05, 0.1) is 6.10 Å². The molecule has 0 aliphatic carbocycles. The maximum atomic E-state index is 13.6. The minimum absolute atomic E-state index is 0.183. The molecule has 0 spiro atoms. The van der Waals surface area contributed by atoms with Crippen molar-refractivity contribution in [3.05, 3.63) is 65.5 Å². The maximum Gasteiger partial charge on any atom is 0.128 e. The van der Waals surface area contributed by atoms with Crippen LogP contribution in [0.3, 0.4) is 0 Å². The van der Waals surface area contributed by atoms with Gasteiger partial charge in [0, 0.05) is 24.8 Å². The van der Waals surface area contributed by atoms with E-state index in [0.29, 0.717) is 18.5 Å². The summed E-state index contributed by atoms with van der Waals surface area (Å²) in [5, 5.41) is 9.77. The van der Waals surface area contributed by atoms with Crippen molar-refractivity contribution in [1.82, 2.24) is 0 Å². The van der Waals surface area contributed by atoms with E-state index in [0.717, 1.165) is 11.3 Å². The Labute approximate surface area is 119 Å². The summed E-state index contributed by atoms with van der Waals surface area (Å²) in [6, 6.07) is 14.5. The van der Waals surface area contributed by atoms with Gasteiger partial charge in [-0.3, -0.25) is 0 Å². The summed E-state index contributed by atoms with van der Waals surface area (Å²) in [7, 11) is 1.93. The second-order valence-electron chi connectivity index (χ2n) is 4.96. The van der Waals surface area contributed by atoms with E-state index in [2.05, 4.69) is 0 Å². The number of aliphatic hydroxyl groups is 1. The Balaban J connectivity index is 2.10. The van der Waals surface area contributed by atoms with Crippen LogP contribution in [-0.4, -0.2) is 12.2 Å². The highest BCUT2D eigenvalue weighted by atomic mass is 19.1. The minimum atomic E-state index is -0.416. The van der Waals surface area contributed by atoms with Gasteiger partial charge >= 0.3 is 0 Å². The first-order chi connectivity index (χ1) is 9.61. The van der Waals surface area contributed by atoms with Crippen LogP contribution in [0, 0.1) is 5.82 Å². The first kappa shape index (κ1) is 14.5. The molecule has 3 heteroatoms. The third-order valence-electron chi connectivity index (χ3n) is 3.47. The second-order valence-corrected chi connectivity index (χ2v) is 4.96. The molecule has 0 radical (unpaired) electrons. The second kappa shape index (κ2) is 6.53. The average Bonchev–Trinajstić information content (AvgIpc) is 2.49. The van der Waals surface area contributed by atoms with Crippen molar-refractivity contribution in [2.24, 2.45) is 0 Å². The fraction of sp³-hybridized carbons (Fsp3) is 0.294. The Hall–Kier alpha value is -1.87. The normalized spacial score (nSPS) is 12.2. The summed E-state index contributed by atoms with van der Waals surface area (Å²) in [5.41, 5.74) is 2.59. The lowest BCUT2D eigenvalue weighted by Gasteiger charge is -2.20. The van der Waals surface area contributed by atoms with Crippen LogP contribution in [0.5, 0.6) is 0 Å². The van der Waals surface area contributed by atoms with Gasteiger partial charge in [-0.15, -0.1) is 0 Å². The number of hydrogen-bond donors (Lipinski definition) is 1.